The van der Waals surface area contributed by atoms with Crippen molar-refractivity contribution in [3.8, 4) is 0 Å². The van der Waals surface area contributed by atoms with Crippen molar-refractivity contribution in [2.24, 2.45) is 5.92 Å². The van der Waals surface area contributed by atoms with Crippen LogP contribution >= 0.6 is 23.5 Å². The van der Waals surface area contributed by atoms with Crippen molar-refractivity contribution in [3.05, 3.63) is 42.5 Å². The van der Waals surface area contributed by atoms with Gasteiger partial charge in [-0.2, -0.15) is 23.5 Å². The van der Waals surface area contributed by atoms with E-state index in [1.807, 2.05) is 6.07 Å². The lowest BCUT2D eigenvalue weighted by molar-refractivity contribution is 0.584. The second kappa shape index (κ2) is 6.86. The van der Waals surface area contributed by atoms with Gasteiger partial charge in [0.25, 0.3) is 0 Å². The lowest BCUT2D eigenvalue weighted by atomic mass is 10.3. The van der Waals surface area contributed by atoms with E-state index in [0.717, 1.165) is 23.0 Å². The number of rotatable bonds is 3. The zero-order valence-corrected chi connectivity index (χ0v) is 13.2. The number of sulfone groups is 1. The topological polar surface area (TPSA) is 34.1 Å². The van der Waals surface area contributed by atoms with Gasteiger partial charge in [0.1, 0.15) is 0 Å². The molecule has 1 aromatic carbocycles. The zero-order chi connectivity index (χ0) is 13.7. The molecular formula is C14H18O2S3. The summed E-state index contributed by atoms with van der Waals surface area (Å²) >= 11 is 3.61. The summed E-state index contributed by atoms with van der Waals surface area (Å²) < 4.78 is 24.7. The van der Waals surface area contributed by atoms with E-state index in [1.54, 1.807) is 47.8 Å². The summed E-state index contributed by atoms with van der Waals surface area (Å²) in [5.41, 5.74) is 1.25. The molecule has 0 saturated carbocycles. The minimum atomic E-state index is -3.15. The summed E-state index contributed by atoms with van der Waals surface area (Å²) in [6.07, 6.45) is 0. The zero-order valence-electron chi connectivity index (χ0n) is 10.7. The average Bonchev–Trinajstić information content (AvgIpc) is 2.37. The second-order valence-electron chi connectivity index (χ2n) is 4.74. The number of hydrogen-bond donors (Lipinski definition) is 0. The lowest BCUT2D eigenvalue weighted by Gasteiger charge is -2.20. The molecule has 5 heteroatoms. The largest absolute Gasteiger partial charge is 0.224 e. The highest BCUT2D eigenvalue weighted by atomic mass is 32.2. The van der Waals surface area contributed by atoms with Crippen molar-refractivity contribution in [2.75, 3.05) is 28.8 Å². The standard InChI is InChI=1S/C14H18O2S3/c1-12-7-17-9-13(10-18-8-12)11-19(15,16)14-5-3-2-4-6-14/h2-6,13H,1,7-11H2. The lowest BCUT2D eigenvalue weighted by Crippen LogP contribution is -2.22. The first-order valence-electron chi connectivity index (χ1n) is 6.18. The fourth-order valence-electron chi connectivity index (χ4n) is 1.96. The van der Waals surface area contributed by atoms with Gasteiger partial charge >= 0.3 is 0 Å². The van der Waals surface area contributed by atoms with Gasteiger partial charge in [0.15, 0.2) is 9.84 Å². The third-order valence-electron chi connectivity index (χ3n) is 2.88. The molecule has 0 amide bonds. The first-order chi connectivity index (χ1) is 9.08. The third-order valence-corrected chi connectivity index (χ3v) is 7.42. The molecule has 0 bridgehead atoms. The molecule has 0 atom stereocenters. The second-order valence-corrected chi connectivity index (χ2v) is 8.84. The van der Waals surface area contributed by atoms with Crippen LogP contribution in [0.15, 0.2) is 47.4 Å². The number of benzene rings is 1. The number of hydrogen-bond acceptors (Lipinski definition) is 4. The molecule has 19 heavy (non-hydrogen) atoms. The smallest absolute Gasteiger partial charge is 0.178 e. The maximum absolute atomic E-state index is 12.3. The van der Waals surface area contributed by atoms with Crippen LogP contribution in [0.4, 0.5) is 0 Å². The molecule has 1 aromatic rings. The van der Waals surface area contributed by atoms with Crippen LogP contribution in [-0.4, -0.2) is 37.2 Å². The Morgan fingerprint density at radius 3 is 2.26 bits per heavy atom. The van der Waals surface area contributed by atoms with Crippen molar-refractivity contribution in [1.29, 1.82) is 0 Å². The molecular weight excluding hydrogens is 296 g/mol. The van der Waals surface area contributed by atoms with Gasteiger partial charge in [0, 0.05) is 11.5 Å². The Morgan fingerprint density at radius 2 is 1.68 bits per heavy atom. The summed E-state index contributed by atoms with van der Waals surface area (Å²) in [6, 6.07) is 8.75. The first kappa shape index (κ1) is 15.0. The van der Waals surface area contributed by atoms with E-state index < -0.39 is 9.84 Å². The molecule has 2 rings (SSSR count). The molecule has 2 nitrogen and oxygen atoms in total. The van der Waals surface area contributed by atoms with Crippen molar-refractivity contribution in [2.45, 2.75) is 4.90 Å². The van der Waals surface area contributed by atoms with E-state index in [1.165, 1.54) is 5.57 Å². The minimum absolute atomic E-state index is 0.230. The predicted molar refractivity (Wildman–Crippen MR) is 85.8 cm³/mol. The maximum Gasteiger partial charge on any atom is 0.178 e. The van der Waals surface area contributed by atoms with Crippen LogP contribution in [0.2, 0.25) is 0 Å². The van der Waals surface area contributed by atoms with Crippen molar-refractivity contribution in [3.63, 3.8) is 0 Å². The molecule has 0 aromatic heterocycles. The van der Waals surface area contributed by atoms with Crippen molar-refractivity contribution in [1.82, 2.24) is 0 Å². The predicted octanol–water partition coefficient (Wildman–Crippen LogP) is 3.11. The Balaban J connectivity index is 2.02. The Hall–Kier alpha value is -0.390. The summed E-state index contributed by atoms with van der Waals surface area (Å²) in [7, 11) is -3.15. The van der Waals surface area contributed by atoms with Crippen molar-refractivity contribution < 1.29 is 8.42 Å². The first-order valence-corrected chi connectivity index (χ1v) is 10.1. The molecule has 0 spiro atoms. The van der Waals surface area contributed by atoms with Crippen LogP contribution in [0, 0.1) is 5.92 Å². The monoisotopic (exact) mass is 314 g/mol. The Kier molecular flexibility index (Phi) is 5.42. The summed E-state index contributed by atoms with van der Waals surface area (Å²) in [4.78, 5) is 0.441. The van der Waals surface area contributed by atoms with E-state index >= 15 is 0 Å². The molecule has 0 unspecified atom stereocenters. The van der Waals surface area contributed by atoms with Crippen molar-refractivity contribution >= 4 is 33.4 Å². The average molecular weight is 314 g/mol. The normalized spacial score (nSPS) is 18.8. The maximum atomic E-state index is 12.3. The summed E-state index contributed by atoms with van der Waals surface area (Å²) in [5, 5.41) is 0. The van der Waals surface area contributed by atoms with Gasteiger partial charge in [-0.05, 0) is 29.6 Å². The molecule has 1 aliphatic heterocycles. The summed E-state index contributed by atoms with van der Waals surface area (Å²) in [5.74, 6) is 4.19. The van der Waals surface area contributed by atoms with E-state index in [4.69, 9.17) is 0 Å². The highest BCUT2D eigenvalue weighted by Gasteiger charge is 2.22. The highest BCUT2D eigenvalue weighted by molar-refractivity contribution is 8.01. The molecule has 0 N–H and O–H groups in total. The Morgan fingerprint density at radius 1 is 1.11 bits per heavy atom. The van der Waals surface area contributed by atoms with E-state index in [0.29, 0.717) is 4.90 Å². The van der Waals surface area contributed by atoms with Gasteiger partial charge < -0.3 is 0 Å². The van der Waals surface area contributed by atoms with E-state index in [9.17, 15) is 8.42 Å². The van der Waals surface area contributed by atoms with Gasteiger partial charge in [-0.1, -0.05) is 30.4 Å². The summed E-state index contributed by atoms with van der Waals surface area (Å²) in [6.45, 7) is 4.00. The van der Waals surface area contributed by atoms with Crippen LogP contribution in [-0.2, 0) is 9.84 Å². The van der Waals surface area contributed by atoms with Gasteiger partial charge in [-0.25, -0.2) is 8.42 Å². The Labute approximate surface area is 124 Å². The molecule has 1 heterocycles. The molecule has 1 saturated heterocycles. The van der Waals surface area contributed by atoms with Crippen LogP contribution in [0.1, 0.15) is 0 Å². The van der Waals surface area contributed by atoms with Crippen LogP contribution < -0.4 is 0 Å². The Bertz CT molecular complexity index is 511. The fraction of sp³-hybridized carbons (Fsp3) is 0.429. The van der Waals surface area contributed by atoms with Gasteiger partial charge in [-0.15, -0.1) is 0 Å². The minimum Gasteiger partial charge on any atom is -0.224 e. The van der Waals surface area contributed by atoms with Gasteiger partial charge in [-0.3, -0.25) is 0 Å². The van der Waals surface area contributed by atoms with Gasteiger partial charge in [0.05, 0.1) is 10.6 Å². The SMILES string of the molecule is C=C1CSCC(CS(=O)(=O)c2ccccc2)CSC1. The molecule has 104 valence electrons. The van der Waals surface area contributed by atoms with Crippen LogP contribution in [0.5, 0.6) is 0 Å². The van der Waals surface area contributed by atoms with E-state index in [2.05, 4.69) is 6.58 Å². The highest BCUT2D eigenvalue weighted by Crippen LogP contribution is 2.25. The fourth-order valence-corrected chi connectivity index (χ4v) is 6.31. The van der Waals surface area contributed by atoms with Gasteiger partial charge in [0.2, 0.25) is 0 Å². The molecule has 0 aliphatic carbocycles. The third kappa shape index (κ3) is 4.58. The van der Waals surface area contributed by atoms with Crippen LogP contribution in [0.25, 0.3) is 0 Å². The van der Waals surface area contributed by atoms with E-state index in [-0.39, 0.29) is 11.7 Å². The molecule has 1 fully saturated rings. The molecule has 1 aliphatic rings. The van der Waals surface area contributed by atoms with Crippen LogP contribution in [0.3, 0.4) is 0 Å². The quantitative estimate of drug-likeness (QED) is 0.803. The number of thioether (sulfide) groups is 2. The molecule has 0 radical (unpaired) electrons.